The molecule has 1 unspecified atom stereocenters. The van der Waals surface area contributed by atoms with Gasteiger partial charge in [-0.25, -0.2) is 0 Å². The van der Waals surface area contributed by atoms with Crippen molar-refractivity contribution < 1.29 is 14.3 Å². The van der Waals surface area contributed by atoms with Crippen LogP contribution in [-0.4, -0.2) is 17.6 Å². The molecule has 0 radical (unpaired) electrons. The molecular weight excluding hydrogens is 230 g/mol. The van der Waals surface area contributed by atoms with E-state index in [2.05, 4.69) is 0 Å². The Morgan fingerprint density at radius 3 is 2.28 bits per heavy atom. The van der Waals surface area contributed by atoms with Gasteiger partial charge in [-0.15, -0.1) is 0 Å². The summed E-state index contributed by atoms with van der Waals surface area (Å²) in [5.41, 5.74) is 6.09. The van der Waals surface area contributed by atoms with Crippen molar-refractivity contribution in [1.82, 2.24) is 0 Å². The molecule has 0 bridgehead atoms. The van der Waals surface area contributed by atoms with Crippen molar-refractivity contribution in [3.63, 3.8) is 0 Å². The topological polar surface area (TPSA) is 61.6 Å². The first-order valence-corrected chi connectivity index (χ1v) is 5.98. The Morgan fingerprint density at radius 1 is 1.28 bits per heavy atom. The number of carbonyl (C=O) groups excluding carboxylic acids is 1. The van der Waals surface area contributed by atoms with Crippen LogP contribution in [0.25, 0.3) is 0 Å². The van der Waals surface area contributed by atoms with Gasteiger partial charge in [-0.2, -0.15) is 0 Å². The van der Waals surface area contributed by atoms with Crippen molar-refractivity contribution in [2.75, 3.05) is 0 Å². The minimum Gasteiger partial charge on any atom is -0.488 e. The molecule has 0 heterocycles. The van der Waals surface area contributed by atoms with E-state index in [1.54, 1.807) is 6.92 Å². The second kappa shape index (κ2) is 5.87. The molecule has 0 aromatic heterocycles. The van der Waals surface area contributed by atoms with Crippen LogP contribution in [0.2, 0.25) is 0 Å². The zero-order valence-electron chi connectivity index (χ0n) is 11.4. The van der Waals surface area contributed by atoms with Crippen LogP contribution in [0.4, 0.5) is 0 Å². The van der Waals surface area contributed by atoms with Crippen LogP contribution in [0.3, 0.4) is 0 Å². The lowest BCUT2D eigenvalue weighted by Gasteiger charge is -2.21. The minimum atomic E-state index is -0.589. The summed E-state index contributed by atoms with van der Waals surface area (Å²) < 4.78 is 10.7. The summed E-state index contributed by atoms with van der Waals surface area (Å²) in [6, 6.07) is 6.87. The van der Waals surface area contributed by atoms with Crippen LogP contribution in [0.5, 0.6) is 5.75 Å². The Hall–Kier alpha value is -1.55. The average molecular weight is 251 g/mol. The molecule has 0 spiro atoms. The maximum absolute atomic E-state index is 11.2. The van der Waals surface area contributed by atoms with Crippen molar-refractivity contribution in [2.24, 2.45) is 5.73 Å². The molecule has 0 aliphatic rings. The third-order valence-electron chi connectivity index (χ3n) is 2.10. The smallest absolute Gasteiger partial charge is 0.322 e. The van der Waals surface area contributed by atoms with Crippen LogP contribution >= 0.6 is 0 Å². The highest BCUT2D eigenvalue weighted by Crippen LogP contribution is 2.18. The molecular formula is C14H21NO3. The summed E-state index contributed by atoms with van der Waals surface area (Å²) >= 11 is 0. The van der Waals surface area contributed by atoms with E-state index in [1.807, 2.05) is 45.0 Å². The van der Waals surface area contributed by atoms with E-state index in [9.17, 15) is 4.79 Å². The molecule has 18 heavy (non-hydrogen) atoms. The van der Waals surface area contributed by atoms with Gasteiger partial charge in [-0.05, 0) is 45.4 Å². The SMILES string of the molecule is CC(N)C(=O)OCc1ccc(OC(C)(C)C)cc1. The number of hydrogen-bond acceptors (Lipinski definition) is 4. The van der Waals surface area contributed by atoms with Crippen molar-refractivity contribution >= 4 is 5.97 Å². The number of benzene rings is 1. The van der Waals surface area contributed by atoms with Gasteiger partial charge in [0.1, 0.15) is 24.0 Å². The van der Waals surface area contributed by atoms with E-state index in [-0.39, 0.29) is 12.2 Å². The van der Waals surface area contributed by atoms with Gasteiger partial charge in [-0.1, -0.05) is 12.1 Å². The van der Waals surface area contributed by atoms with Gasteiger partial charge in [0.2, 0.25) is 0 Å². The maximum atomic E-state index is 11.2. The molecule has 0 fully saturated rings. The third-order valence-corrected chi connectivity index (χ3v) is 2.10. The Kier molecular flexibility index (Phi) is 4.73. The first-order chi connectivity index (χ1) is 8.28. The second-order valence-corrected chi connectivity index (χ2v) is 5.25. The third kappa shape index (κ3) is 5.19. The molecule has 1 aromatic carbocycles. The van der Waals surface area contributed by atoms with Crippen LogP contribution in [0, 0.1) is 0 Å². The lowest BCUT2D eigenvalue weighted by atomic mass is 10.2. The first kappa shape index (κ1) is 14.5. The second-order valence-electron chi connectivity index (χ2n) is 5.25. The maximum Gasteiger partial charge on any atom is 0.322 e. The molecule has 0 saturated heterocycles. The molecule has 4 heteroatoms. The number of nitrogens with two attached hydrogens (primary N) is 1. The summed E-state index contributed by atoms with van der Waals surface area (Å²) in [7, 11) is 0. The Balaban J connectivity index is 2.53. The normalized spacial score (nSPS) is 12.9. The van der Waals surface area contributed by atoms with E-state index in [0.717, 1.165) is 11.3 Å². The van der Waals surface area contributed by atoms with Gasteiger partial charge in [0.05, 0.1) is 0 Å². The van der Waals surface area contributed by atoms with Gasteiger partial charge in [0, 0.05) is 0 Å². The fourth-order valence-electron chi connectivity index (χ4n) is 1.29. The number of esters is 1. The van der Waals surface area contributed by atoms with Gasteiger partial charge in [-0.3, -0.25) is 4.79 Å². The molecule has 0 aliphatic heterocycles. The number of rotatable bonds is 4. The molecule has 100 valence electrons. The lowest BCUT2D eigenvalue weighted by Crippen LogP contribution is -2.28. The predicted octanol–water partition coefficient (Wildman–Crippen LogP) is 2.25. The monoisotopic (exact) mass is 251 g/mol. The number of ether oxygens (including phenoxy) is 2. The van der Waals surface area contributed by atoms with Crippen molar-refractivity contribution in [1.29, 1.82) is 0 Å². The Morgan fingerprint density at radius 2 is 1.83 bits per heavy atom. The minimum absolute atomic E-state index is 0.219. The molecule has 4 nitrogen and oxygen atoms in total. The van der Waals surface area contributed by atoms with Gasteiger partial charge < -0.3 is 15.2 Å². The fourth-order valence-corrected chi connectivity index (χ4v) is 1.29. The van der Waals surface area contributed by atoms with Gasteiger partial charge in [0.15, 0.2) is 0 Å². The molecule has 2 N–H and O–H groups in total. The Bertz CT molecular complexity index is 390. The van der Waals surface area contributed by atoms with Crippen LogP contribution < -0.4 is 10.5 Å². The van der Waals surface area contributed by atoms with Crippen molar-refractivity contribution in [3.05, 3.63) is 29.8 Å². The Labute approximate surface area is 108 Å². The van der Waals surface area contributed by atoms with Gasteiger partial charge >= 0.3 is 5.97 Å². The highest BCUT2D eigenvalue weighted by Gasteiger charge is 2.12. The van der Waals surface area contributed by atoms with E-state index in [0.29, 0.717) is 0 Å². The fraction of sp³-hybridized carbons (Fsp3) is 0.500. The van der Waals surface area contributed by atoms with E-state index >= 15 is 0 Å². The van der Waals surface area contributed by atoms with E-state index < -0.39 is 12.0 Å². The molecule has 1 atom stereocenters. The quantitative estimate of drug-likeness (QED) is 0.834. The van der Waals surface area contributed by atoms with Crippen molar-refractivity contribution in [3.8, 4) is 5.75 Å². The zero-order chi connectivity index (χ0) is 13.8. The molecule has 1 aromatic rings. The van der Waals surface area contributed by atoms with Crippen LogP contribution in [-0.2, 0) is 16.1 Å². The number of carbonyl (C=O) groups is 1. The summed E-state index contributed by atoms with van der Waals surface area (Å²) in [5.74, 6) is 0.398. The largest absolute Gasteiger partial charge is 0.488 e. The lowest BCUT2D eigenvalue weighted by molar-refractivity contribution is -0.146. The van der Waals surface area contributed by atoms with Crippen LogP contribution in [0.15, 0.2) is 24.3 Å². The standard InChI is InChI=1S/C14H21NO3/c1-10(15)13(16)17-9-11-5-7-12(8-6-11)18-14(2,3)4/h5-8,10H,9,15H2,1-4H3. The van der Waals surface area contributed by atoms with Crippen molar-refractivity contribution in [2.45, 2.75) is 45.9 Å². The van der Waals surface area contributed by atoms with E-state index in [4.69, 9.17) is 15.2 Å². The zero-order valence-corrected chi connectivity index (χ0v) is 11.4. The van der Waals surface area contributed by atoms with Gasteiger partial charge in [0.25, 0.3) is 0 Å². The molecule has 0 amide bonds. The highest BCUT2D eigenvalue weighted by molar-refractivity contribution is 5.74. The average Bonchev–Trinajstić information content (AvgIpc) is 2.25. The molecule has 0 aliphatic carbocycles. The van der Waals surface area contributed by atoms with Crippen LogP contribution in [0.1, 0.15) is 33.3 Å². The molecule has 1 rings (SSSR count). The number of hydrogen-bond donors (Lipinski definition) is 1. The first-order valence-electron chi connectivity index (χ1n) is 5.98. The summed E-state index contributed by atoms with van der Waals surface area (Å²) in [4.78, 5) is 11.2. The summed E-state index contributed by atoms with van der Waals surface area (Å²) in [5, 5.41) is 0. The predicted molar refractivity (Wildman–Crippen MR) is 70.3 cm³/mol. The highest BCUT2D eigenvalue weighted by atomic mass is 16.5. The summed E-state index contributed by atoms with van der Waals surface area (Å²) in [6.07, 6.45) is 0. The summed E-state index contributed by atoms with van der Waals surface area (Å²) in [6.45, 7) is 7.81. The van der Waals surface area contributed by atoms with E-state index in [1.165, 1.54) is 0 Å². The molecule has 0 saturated carbocycles.